The first kappa shape index (κ1) is 15.0. The van der Waals surface area contributed by atoms with Crippen molar-refractivity contribution >= 4 is 23.0 Å². The van der Waals surface area contributed by atoms with Gasteiger partial charge in [-0.25, -0.2) is 4.79 Å². The number of carbonyl (C=O) groups excluding carboxylic acids is 1. The van der Waals surface area contributed by atoms with Crippen LogP contribution >= 0.6 is 11.3 Å². The van der Waals surface area contributed by atoms with E-state index in [1.165, 1.54) is 18.4 Å². The van der Waals surface area contributed by atoms with E-state index in [2.05, 4.69) is 25.5 Å². The predicted octanol–water partition coefficient (Wildman–Crippen LogP) is 3.44. The largest absolute Gasteiger partial charge is 0.465 e. The van der Waals surface area contributed by atoms with Gasteiger partial charge in [0.05, 0.1) is 12.8 Å². The molecule has 4 heteroatoms. The molecule has 92 valence electrons. The van der Waals surface area contributed by atoms with Crippen molar-refractivity contribution in [1.29, 1.82) is 0 Å². The van der Waals surface area contributed by atoms with Crippen LogP contribution in [0.1, 0.15) is 49.2 Å². The third-order valence-corrected chi connectivity index (χ3v) is 3.43. The second-order valence-electron chi connectivity index (χ2n) is 4.14. The fourth-order valence-corrected chi connectivity index (χ4v) is 2.08. The zero-order chi connectivity index (χ0) is 12.9. The highest BCUT2D eigenvalue weighted by Crippen LogP contribution is 2.34. The molecule has 0 radical (unpaired) electrons. The lowest BCUT2D eigenvalue weighted by Crippen LogP contribution is -2.08. The van der Waals surface area contributed by atoms with E-state index in [1.807, 2.05) is 19.9 Å². The first-order chi connectivity index (χ1) is 7.36. The van der Waals surface area contributed by atoms with E-state index in [0.29, 0.717) is 10.6 Å². The van der Waals surface area contributed by atoms with E-state index in [4.69, 9.17) is 5.73 Å². The van der Waals surface area contributed by atoms with E-state index in [0.717, 1.165) is 4.88 Å². The molecule has 16 heavy (non-hydrogen) atoms. The SMILES string of the molecule is CC.COC(=O)c1sc(C(C)(C)C)cc1N. The Hall–Kier alpha value is -1.03. The minimum atomic E-state index is -0.358. The highest BCUT2D eigenvalue weighted by Gasteiger charge is 2.21. The van der Waals surface area contributed by atoms with Crippen LogP contribution in [-0.4, -0.2) is 13.1 Å². The van der Waals surface area contributed by atoms with Crippen LogP contribution < -0.4 is 5.73 Å². The van der Waals surface area contributed by atoms with E-state index in [1.54, 1.807) is 0 Å². The van der Waals surface area contributed by atoms with Crippen LogP contribution in [0.2, 0.25) is 0 Å². The summed E-state index contributed by atoms with van der Waals surface area (Å²) in [5.41, 5.74) is 6.25. The lowest BCUT2D eigenvalue weighted by atomic mass is 9.95. The fraction of sp³-hybridized carbons (Fsp3) is 0.583. The van der Waals surface area contributed by atoms with Crippen LogP contribution in [0, 0.1) is 0 Å². The number of thiophene rings is 1. The number of ether oxygens (including phenoxy) is 1. The number of methoxy groups -OCH3 is 1. The molecule has 0 spiro atoms. The summed E-state index contributed by atoms with van der Waals surface area (Å²) >= 11 is 1.40. The van der Waals surface area contributed by atoms with Crippen molar-refractivity contribution in [3.8, 4) is 0 Å². The summed E-state index contributed by atoms with van der Waals surface area (Å²) in [6, 6.07) is 1.84. The molecular formula is C12H21NO2S. The van der Waals surface area contributed by atoms with Crippen LogP contribution in [0.25, 0.3) is 0 Å². The summed E-state index contributed by atoms with van der Waals surface area (Å²) in [6.07, 6.45) is 0. The van der Waals surface area contributed by atoms with Gasteiger partial charge in [-0.3, -0.25) is 0 Å². The topological polar surface area (TPSA) is 52.3 Å². The molecule has 0 unspecified atom stereocenters. The van der Waals surface area contributed by atoms with Crippen molar-refractivity contribution in [2.24, 2.45) is 0 Å². The molecule has 3 nitrogen and oxygen atoms in total. The Morgan fingerprint density at radius 2 is 1.88 bits per heavy atom. The maximum absolute atomic E-state index is 11.3. The van der Waals surface area contributed by atoms with Crippen LogP contribution in [0.4, 0.5) is 5.69 Å². The van der Waals surface area contributed by atoms with Crippen LogP contribution in [0.3, 0.4) is 0 Å². The Labute approximate surface area is 102 Å². The van der Waals surface area contributed by atoms with Crippen LogP contribution in [-0.2, 0) is 10.2 Å². The van der Waals surface area contributed by atoms with Crippen molar-refractivity contribution in [3.63, 3.8) is 0 Å². The number of esters is 1. The molecule has 0 aliphatic heterocycles. The highest BCUT2D eigenvalue weighted by atomic mass is 32.1. The lowest BCUT2D eigenvalue weighted by molar-refractivity contribution is 0.0607. The molecular weight excluding hydrogens is 222 g/mol. The average molecular weight is 243 g/mol. The van der Waals surface area contributed by atoms with Crippen molar-refractivity contribution in [3.05, 3.63) is 15.8 Å². The molecule has 0 aliphatic rings. The number of nitrogen functional groups attached to an aromatic ring is 1. The van der Waals surface area contributed by atoms with Gasteiger partial charge in [0.15, 0.2) is 0 Å². The molecule has 1 rings (SSSR count). The number of carbonyl (C=O) groups is 1. The number of hydrogen-bond acceptors (Lipinski definition) is 4. The second kappa shape index (κ2) is 5.89. The van der Waals surface area contributed by atoms with Gasteiger partial charge in [0, 0.05) is 4.88 Å². The van der Waals surface area contributed by atoms with E-state index in [9.17, 15) is 4.79 Å². The lowest BCUT2D eigenvalue weighted by Gasteiger charge is -2.14. The van der Waals surface area contributed by atoms with Crippen molar-refractivity contribution in [1.82, 2.24) is 0 Å². The second-order valence-corrected chi connectivity index (χ2v) is 5.19. The van der Waals surface area contributed by atoms with Gasteiger partial charge >= 0.3 is 5.97 Å². The van der Waals surface area contributed by atoms with Crippen molar-refractivity contribution in [2.75, 3.05) is 12.8 Å². The summed E-state index contributed by atoms with van der Waals surface area (Å²) in [4.78, 5) is 12.9. The van der Waals surface area contributed by atoms with Gasteiger partial charge in [0.25, 0.3) is 0 Å². The Morgan fingerprint density at radius 1 is 1.38 bits per heavy atom. The molecule has 1 aromatic rings. The molecule has 0 aliphatic carbocycles. The Balaban J connectivity index is 0.00000106. The zero-order valence-corrected chi connectivity index (χ0v) is 11.7. The summed E-state index contributed by atoms with van der Waals surface area (Å²) in [5.74, 6) is -0.358. The summed E-state index contributed by atoms with van der Waals surface area (Å²) < 4.78 is 4.63. The predicted molar refractivity (Wildman–Crippen MR) is 70.1 cm³/mol. The van der Waals surface area contributed by atoms with Crippen LogP contribution in [0.15, 0.2) is 6.07 Å². The molecule has 0 atom stereocenters. The molecule has 1 aromatic heterocycles. The van der Waals surface area contributed by atoms with Gasteiger partial charge in [0.1, 0.15) is 4.88 Å². The maximum atomic E-state index is 11.3. The van der Waals surface area contributed by atoms with Crippen molar-refractivity contribution in [2.45, 2.75) is 40.0 Å². The van der Waals surface area contributed by atoms with Crippen LogP contribution in [0.5, 0.6) is 0 Å². The number of hydrogen-bond donors (Lipinski definition) is 1. The van der Waals surface area contributed by atoms with Gasteiger partial charge in [-0.05, 0) is 11.5 Å². The van der Waals surface area contributed by atoms with E-state index < -0.39 is 0 Å². The molecule has 1 heterocycles. The molecule has 0 amide bonds. The van der Waals surface area contributed by atoms with Gasteiger partial charge in [-0.2, -0.15) is 0 Å². The van der Waals surface area contributed by atoms with Gasteiger partial charge in [0.2, 0.25) is 0 Å². The van der Waals surface area contributed by atoms with E-state index >= 15 is 0 Å². The molecule has 2 N–H and O–H groups in total. The van der Waals surface area contributed by atoms with E-state index in [-0.39, 0.29) is 11.4 Å². The maximum Gasteiger partial charge on any atom is 0.350 e. The smallest absolute Gasteiger partial charge is 0.350 e. The third-order valence-electron chi connectivity index (χ3n) is 1.87. The zero-order valence-electron chi connectivity index (χ0n) is 10.9. The number of rotatable bonds is 1. The summed E-state index contributed by atoms with van der Waals surface area (Å²) in [5, 5.41) is 0. The minimum absolute atomic E-state index is 0.0189. The Bertz CT molecular complexity index is 350. The first-order valence-electron chi connectivity index (χ1n) is 5.34. The minimum Gasteiger partial charge on any atom is -0.465 e. The van der Waals surface area contributed by atoms with Crippen molar-refractivity contribution < 1.29 is 9.53 Å². The van der Waals surface area contributed by atoms with Gasteiger partial charge in [-0.1, -0.05) is 34.6 Å². The molecule has 0 saturated carbocycles. The third kappa shape index (κ3) is 3.52. The highest BCUT2D eigenvalue weighted by molar-refractivity contribution is 7.14. The monoisotopic (exact) mass is 243 g/mol. The summed E-state index contributed by atoms with van der Waals surface area (Å²) in [6.45, 7) is 10.2. The summed E-state index contributed by atoms with van der Waals surface area (Å²) in [7, 11) is 1.36. The molecule has 0 fully saturated rings. The van der Waals surface area contributed by atoms with Gasteiger partial charge < -0.3 is 10.5 Å². The fourth-order valence-electron chi connectivity index (χ4n) is 1.03. The van der Waals surface area contributed by atoms with Gasteiger partial charge in [-0.15, -0.1) is 11.3 Å². The quantitative estimate of drug-likeness (QED) is 0.769. The first-order valence-corrected chi connectivity index (χ1v) is 6.16. The number of nitrogens with two attached hydrogens (primary N) is 1. The average Bonchev–Trinajstić information content (AvgIpc) is 2.62. The Kier molecular flexibility index (Phi) is 5.51. The standard InChI is InChI=1S/C10H15NO2S.C2H6/c1-10(2,3)7-5-6(11)8(14-7)9(12)13-4;1-2/h5H,11H2,1-4H3;1-2H3. The molecule has 0 aromatic carbocycles. The normalized spacial score (nSPS) is 10.4. The Morgan fingerprint density at radius 3 is 2.19 bits per heavy atom. The molecule has 0 saturated heterocycles. The molecule has 0 bridgehead atoms. The number of anilines is 1.